The summed E-state index contributed by atoms with van der Waals surface area (Å²) in [4.78, 5) is 17.7. The summed E-state index contributed by atoms with van der Waals surface area (Å²) in [7, 11) is 0. The van der Waals surface area contributed by atoms with Crippen molar-refractivity contribution in [3.05, 3.63) is 30.2 Å². The van der Waals surface area contributed by atoms with Crippen LogP contribution >= 0.6 is 0 Å². The molecule has 1 aliphatic rings. The predicted octanol–water partition coefficient (Wildman–Crippen LogP) is 2.55. The molecule has 2 heterocycles. The maximum Gasteiger partial charge on any atom is 0.219 e. The van der Waals surface area contributed by atoms with Gasteiger partial charge >= 0.3 is 0 Å². The SMILES string of the molecule is CC(=O)N1CCC(c2nc3ccccc3o2)CC1. The van der Waals surface area contributed by atoms with Crippen LogP contribution in [0.15, 0.2) is 28.7 Å². The summed E-state index contributed by atoms with van der Waals surface area (Å²) in [5.74, 6) is 1.32. The third-order valence-electron chi connectivity index (χ3n) is 3.60. The number of aromatic nitrogens is 1. The zero-order valence-corrected chi connectivity index (χ0v) is 10.4. The van der Waals surface area contributed by atoms with Gasteiger partial charge in [-0.2, -0.15) is 0 Å². The lowest BCUT2D eigenvalue weighted by atomic mass is 9.97. The fraction of sp³-hybridized carbons (Fsp3) is 0.429. The molecule has 94 valence electrons. The van der Waals surface area contributed by atoms with Gasteiger partial charge in [0.15, 0.2) is 11.5 Å². The van der Waals surface area contributed by atoms with Crippen molar-refractivity contribution in [2.75, 3.05) is 13.1 Å². The summed E-state index contributed by atoms with van der Waals surface area (Å²) in [6.07, 6.45) is 1.87. The van der Waals surface area contributed by atoms with Gasteiger partial charge in [-0.1, -0.05) is 12.1 Å². The Morgan fingerprint density at radius 2 is 2.06 bits per heavy atom. The van der Waals surface area contributed by atoms with Crippen LogP contribution in [0.2, 0.25) is 0 Å². The van der Waals surface area contributed by atoms with Crippen molar-refractivity contribution < 1.29 is 9.21 Å². The number of amides is 1. The highest BCUT2D eigenvalue weighted by atomic mass is 16.3. The number of piperidine rings is 1. The number of likely N-dealkylation sites (tertiary alicyclic amines) is 1. The Balaban J connectivity index is 1.78. The van der Waals surface area contributed by atoms with E-state index in [1.54, 1.807) is 6.92 Å². The Hall–Kier alpha value is -1.84. The molecule has 1 saturated heterocycles. The van der Waals surface area contributed by atoms with Crippen molar-refractivity contribution in [3.8, 4) is 0 Å². The number of benzene rings is 1. The van der Waals surface area contributed by atoms with Gasteiger partial charge < -0.3 is 9.32 Å². The molecule has 1 aliphatic heterocycles. The quantitative estimate of drug-likeness (QED) is 0.774. The molecule has 1 amide bonds. The van der Waals surface area contributed by atoms with Crippen molar-refractivity contribution >= 4 is 17.0 Å². The minimum atomic E-state index is 0.158. The summed E-state index contributed by atoms with van der Waals surface area (Å²) >= 11 is 0. The van der Waals surface area contributed by atoms with Gasteiger partial charge in [0.2, 0.25) is 5.91 Å². The molecule has 1 aromatic heterocycles. The van der Waals surface area contributed by atoms with Crippen molar-refractivity contribution in [2.45, 2.75) is 25.7 Å². The zero-order chi connectivity index (χ0) is 12.5. The number of carbonyl (C=O) groups excluding carboxylic acids is 1. The lowest BCUT2D eigenvalue weighted by Gasteiger charge is -2.29. The number of oxazole rings is 1. The highest BCUT2D eigenvalue weighted by Crippen LogP contribution is 2.29. The van der Waals surface area contributed by atoms with Crippen molar-refractivity contribution in [2.24, 2.45) is 0 Å². The molecule has 4 heteroatoms. The van der Waals surface area contributed by atoms with Gasteiger partial charge in [-0.15, -0.1) is 0 Å². The number of hydrogen-bond acceptors (Lipinski definition) is 3. The first-order valence-corrected chi connectivity index (χ1v) is 6.35. The van der Waals surface area contributed by atoms with Crippen LogP contribution in [0.4, 0.5) is 0 Å². The molecular weight excluding hydrogens is 228 g/mol. The fourth-order valence-corrected chi connectivity index (χ4v) is 2.51. The smallest absolute Gasteiger partial charge is 0.219 e. The van der Waals surface area contributed by atoms with Crippen molar-refractivity contribution in [1.82, 2.24) is 9.88 Å². The van der Waals surface area contributed by atoms with Gasteiger partial charge in [0.05, 0.1) is 0 Å². The van der Waals surface area contributed by atoms with Crippen LogP contribution in [0.5, 0.6) is 0 Å². The average Bonchev–Trinajstić information content (AvgIpc) is 2.82. The second kappa shape index (κ2) is 4.44. The van der Waals surface area contributed by atoms with Gasteiger partial charge in [-0.3, -0.25) is 4.79 Å². The summed E-state index contributed by atoms with van der Waals surface area (Å²) in [6.45, 7) is 3.23. The van der Waals surface area contributed by atoms with Crippen LogP contribution in [0.3, 0.4) is 0 Å². The van der Waals surface area contributed by atoms with Crippen LogP contribution in [0.1, 0.15) is 31.6 Å². The summed E-state index contributed by atoms with van der Waals surface area (Å²) < 4.78 is 5.79. The number of fused-ring (bicyclic) bond motifs is 1. The molecule has 3 rings (SSSR count). The maximum absolute atomic E-state index is 11.3. The van der Waals surface area contributed by atoms with Crippen LogP contribution in [0, 0.1) is 0 Å². The minimum absolute atomic E-state index is 0.158. The second-order valence-electron chi connectivity index (χ2n) is 4.80. The first-order chi connectivity index (χ1) is 8.74. The number of carbonyl (C=O) groups is 1. The zero-order valence-electron chi connectivity index (χ0n) is 10.4. The molecule has 18 heavy (non-hydrogen) atoms. The van der Waals surface area contributed by atoms with Gasteiger partial charge in [0.25, 0.3) is 0 Å². The summed E-state index contributed by atoms with van der Waals surface area (Å²) in [5.41, 5.74) is 1.77. The number of nitrogens with zero attached hydrogens (tertiary/aromatic N) is 2. The molecule has 0 atom stereocenters. The van der Waals surface area contributed by atoms with E-state index in [4.69, 9.17) is 4.42 Å². The maximum atomic E-state index is 11.3. The molecule has 1 fully saturated rings. The fourth-order valence-electron chi connectivity index (χ4n) is 2.51. The molecule has 0 radical (unpaired) electrons. The normalized spacial score (nSPS) is 17.3. The predicted molar refractivity (Wildman–Crippen MR) is 68.2 cm³/mol. The molecule has 0 unspecified atom stereocenters. The van der Waals surface area contributed by atoms with Crippen LogP contribution in [-0.4, -0.2) is 28.9 Å². The molecule has 2 aromatic rings. The molecule has 0 bridgehead atoms. The number of hydrogen-bond donors (Lipinski definition) is 0. The van der Waals surface area contributed by atoms with E-state index in [9.17, 15) is 4.79 Å². The lowest BCUT2D eigenvalue weighted by molar-refractivity contribution is -0.129. The van der Waals surface area contributed by atoms with Crippen molar-refractivity contribution in [3.63, 3.8) is 0 Å². The van der Waals surface area contributed by atoms with Crippen molar-refractivity contribution in [1.29, 1.82) is 0 Å². The number of rotatable bonds is 1. The molecule has 0 spiro atoms. The number of para-hydroxylation sites is 2. The van der Waals surface area contributed by atoms with E-state index in [-0.39, 0.29) is 5.91 Å². The molecule has 0 N–H and O–H groups in total. The Kier molecular flexibility index (Phi) is 2.78. The minimum Gasteiger partial charge on any atom is -0.440 e. The van der Waals surface area contributed by atoms with E-state index in [1.807, 2.05) is 29.2 Å². The van der Waals surface area contributed by atoms with E-state index in [2.05, 4.69) is 4.98 Å². The standard InChI is InChI=1S/C14H16N2O2/c1-10(17)16-8-6-11(7-9-16)14-15-12-4-2-3-5-13(12)18-14/h2-5,11H,6-9H2,1H3. The van der Waals surface area contributed by atoms with E-state index < -0.39 is 0 Å². The van der Waals surface area contributed by atoms with Gasteiger partial charge in [-0.25, -0.2) is 4.98 Å². The highest BCUT2D eigenvalue weighted by Gasteiger charge is 2.25. The van der Waals surface area contributed by atoms with Gasteiger partial charge in [0, 0.05) is 25.9 Å². The average molecular weight is 244 g/mol. The molecular formula is C14H16N2O2. The van der Waals surface area contributed by atoms with Crippen LogP contribution in [0.25, 0.3) is 11.1 Å². The van der Waals surface area contributed by atoms with Gasteiger partial charge in [-0.05, 0) is 25.0 Å². The van der Waals surface area contributed by atoms with E-state index in [1.165, 1.54) is 0 Å². The monoisotopic (exact) mass is 244 g/mol. The Morgan fingerprint density at radius 1 is 1.33 bits per heavy atom. The topological polar surface area (TPSA) is 46.3 Å². The molecule has 0 saturated carbocycles. The molecule has 0 aliphatic carbocycles. The Bertz CT molecular complexity index is 535. The third-order valence-corrected chi connectivity index (χ3v) is 3.60. The third kappa shape index (κ3) is 1.98. The first kappa shape index (κ1) is 11.3. The summed E-state index contributed by atoms with van der Waals surface area (Å²) in [6, 6.07) is 7.83. The molecule has 4 nitrogen and oxygen atoms in total. The lowest BCUT2D eigenvalue weighted by Crippen LogP contribution is -2.36. The Morgan fingerprint density at radius 3 is 2.72 bits per heavy atom. The highest BCUT2D eigenvalue weighted by molar-refractivity contribution is 5.73. The van der Waals surface area contributed by atoms with Gasteiger partial charge in [0.1, 0.15) is 5.52 Å². The second-order valence-corrected chi connectivity index (χ2v) is 4.80. The van der Waals surface area contributed by atoms with E-state index in [0.717, 1.165) is 42.9 Å². The molecule has 1 aromatic carbocycles. The van der Waals surface area contributed by atoms with E-state index >= 15 is 0 Å². The van der Waals surface area contributed by atoms with E-state index in [0.29, 0.717) is 5.92 Å². The largest absolute Gasteiger partial charge is 0.440 e. The summed E-state index contributed by atoms with van der Waals surface area (Å²) in [5, 5.41) is 0. The van der Waals surface area contributed by atoms with Crippen LogP contribution < -0.4 is 0 Å². The first-order valence-electron chi connectivity index (χ1n) is 6.35. The van der Waals surface area contributed by atoms with Crippen LogP contribution in [-0.2, 0) is 4.79 Å². The Labute approximate surface area is 106 Å².